The number of nitrogens with one attached hydrogen (secondary N) is 4. The van der Waals surface area contributed by atoms with Crippen molar-refractivity contribution >= 4 is 41.5 Å². The first-order chi connectivity index (χ1) is 19.4. The van der Waals surface area contributed by atoms with E-state index in [-0.39, 0.29) is 35.8 Å². The minimum absolute atomic E-state index is 0.0582. The molecule has 0 spiro atoms. The SMILES string of the molecule is Nc1nc2c(c(=O)[nH]1)C[C@@H](CCc1ccc(C(=O)N[C@@H](CCC(=O)N[C@@H](CCC(=O)O)C(=O)O)C(=O)O)cc1)CN2. The van der Waals surface area contributed by atoms with Crippen LogP contribution in [-0.4, -0.2) is 73.6 Å². The Morgan fingerprint density at radius 3 is 2.24 bits per heavy atom. The van der Waals surface area contributed by atoms with Crippen LogP contribution in [0.4, 0.5) is 11.8 Å². The van der Waals surface area contributed by atoms with Gasteiger partial charge < -0.3 is 37.0 Å². The zero-order valence-corrected chi connectivity index (χ0v) is 22.0. The normalized spacial score (nSPS) is 15.5. The number of carbonyl (C=O) groups is 5. The summed E-state index contributed by atoms with van der Waals surface area (Å²) in [5, 5.41) is 35.0. The van der Waals surface area contributed by atoms with Crippen molar-refractivity contribution in [2.75, 3.05) is 17.6 Å². The van der Waals surface area contributed by atoms with Crippen molar-refractivity contribution in [3.05, 3.63) is 51.3 Å². The Hall–Kier alpha value is -4.95. The summed E-state index contributed by atoms with van der Waals surface area (Å²) in [6.07, 6.45) is 0.501. The largest absolute Gasteiger partial charge is 0.481 e. The predicted octanol–water partition coefficient (Wildman–Crippen LogP) is -0.0335. The van der Waals surface area contributed by atoms with Gasteiger partial charge in [0.05, 0.1) is 5.56 Å². The lowest BCUT2D eigenvalue weighted by atomic mass is 9.91. The third-order valence-corrected chi connectivity index (χ3v) is 6.69. The second-order valence-corrected chi connectivity index (χ2v) is 9.76. The molecule has 2 heterocycles. The van der Waals surface area contributed by atoms with Crippen molar-refractivity contribution in [2.24, 2.45) is 5.92 Å². The Labute approximate surface area is 233 Å². The average Bonchev–Trinajstić information content (AvgIpc) is 2.91. The van der Waals surface area contributed by atoms with E-state index in [1.165, 1.54) is 0 Å². The second-order valence-electron chi connectivity index (χ2n) is 9.76. The minimum Gasteiger partial charge on any atom is -0.481 e. The van der Waals surface area contributed by atoms with Crippen LogP contribution in [0.15, 0.2) is 29.1 Å². The van der Waals surface area contributed by atoms with Gasteiger partial charge in [-0.2, -0.15) is 4.98 Å². The molecule has 0 saturated carbocycles. The number of benzene rings is 1. The van der Waals surface area contributed by atoms with Crippen molar-refractivity contribution in [3.63, 3.8) is 0 Å². The molecule has 41 heavy (non-hydrogen) atoms. The summed E-state index contributed by atoms with van der Waals surface area (Å²) in [7, 11) is 0. The van der Waals surface area contributed by atoms with E-state index >= 15 is 0 Å². The number of carboxylic acid groups (broad SMARTS) is 3. The molecule has 2 aromatic rings. The van der Waals surface area contributed by atoms with Crippen LogP contribution in [0.1, 0.15) is 53.6 Å². The molecule has 0 unspecified atom stereocenters. The zero-order chi connectivity index (χ0) is 30.1. The van der Waals surface area contributed by atoms with Crippen LogP contribution >= 0.6 is 0 Å². The van der Waals surface area contributed by atoms with E-state index < -0.39 is 54.6 Å². The summed E-state index contributed by atoms with van der Waals surface area (Å²) in [6, 6.07) is 3.77. The van der Waals surface area contributed by atoms with Crippen molar-refractivity contribution in [2.45, 2.75) is 57.0 Å². The maximum Gasteiger partial charge on any atom is 0.326 e. The number of hydrogen-bond donors (Lipinski definition) is 8. The predicted molar refractivity (Wildman–Crippen MR) is 144 cm³/mol. The number of aromatic amines is 1. The van der Waals surface area contributed by atoms with Gasteiger partial charge in [-0.3, -0.25) is 24.2 Å². The smallest absolute Gasteiger partial charge is 0.326 e. The molecule has 1 aromatic carbocycles. The number of carbonyl (C=O) groups excluding carboxylic acids is 2. The standard InChI is InChI=1S/C26H32N6O9/c27-26-31-21-16(23(37)32-26)11-14(12-28-21)2-1-13-3-5-15(6-4-13)22(36)30-18(25(40)41)7-9-19(33)29-17(24(38)39)8-10-20(34)35/h3-6,14,17-18H,1-2,7-12H2,(H,29,33)(H,30,36)(H,34,35)(H,38,39)(H,40,41)(H4,27,28,31,32,37)/t14-,17+,18+/m1/s1. The molecule has 15 nitrogen and oxygen atoms in total. The molecule has 0 bridgehead atoms. The average molecular weight is 573 g/mol. The van der Waals surface area contributed by atoms with Crippen LogP contribution in [-0.2, 0) is 32.0 Å². The summed E-state index contributed by atoms with van der Waals surface area (Å²) < 4.78 is 0. The number of rotatable bonds is 14. The number of nitrogens with zero attached hydrogens (tertiary/aromatic N) is 1. The molecule has 0 saturated heterocycles. The Bertz CT molecular complexity index is 1360. The highest BCUT2D eigenvalue weighted by molar-refractivity contribution is 5.96. The third-order valence-electron chi connectivity index (χ3n) is 6.69. The van der Waals surface area contributed by atoms with Crippen molar-refractivity contribution in [1.82, 2.24) is 20.6 Å². The molecular formula is C26H32N6O9. The molecule has 2 amide bonds. The van der Waals surface area contributed by atoms with Crippen molar-refractivity contribution in [3.8, 4) is 0 Å². The van der Waals surface area contributed by atoms with Crippen LogP contribution in [0.5, 0.6) is 0 Å². The first-order valence-corrected chi connectivity index (χ1v) is 12.9. The molecular weight excluding hydrogens is 540 g/mol. The van der Waals surface area contributed by atoms with Crippen LogP contribution in [0, 0.1) is 5.92 Å². The molecule has 0 fully saturated rings. The van der Waals surface area contributed by atoms with Gasteiger partial charge in [-0.1, -0.05) is 12.1 Å². The van der Waals surface area contributed by atoms with Crippen molar-refractivity contribution < 1.29 is 39.3 Å². The highest BCUT2D eigenvalue weighted by Crippen LogP contribution is 2.23. The first-order valence-electron chi connectivity index (χ1n) is 12.9. The quantitative estimate of drug-likeness (QED) is 0.148. The molecule has 3 rings (SSSR count). The molecule has 0 aliphatic carbocycles. The van der Waals surface area contributed by atoms with Gasteiger partial charge in [-0.05, 0) is 55.7 Å². The monoisotopic (exact) mass is 572 g/mol. The fourth-order valence-corrected chi connectivity index (χ4v) is 4.42. The Kier molecular flexibility index (Phi) is 10.4. The van der Waals surface area contributed by atoms with Crippen LogP contribution in [0.2, 0.25) is 0 Å². The number of aromatic nitrogens is 2. The van der Waals surface area contributed by atoms with Gasteiger partial charge in [0.2, 0.25) is 11.9 Å². The van der Waals surface area contributed by atoms with E-state index in [0.29, 0.717) is 30.8 Å². The van der Waals surface area contributed by atoms with Gasteiger partial charge in [0.25, 0.3) is 11.5 Å². The highest BCUT2D eigenvalue weighted by atomic mass is 16.4. The summed E-state index contributed by atoms with van der Waals surface area (Å²) >= 11 is 0. The number of amides is 2. The summed E-state index contributed by atoms with van der Waals surface area (Å²) in [5.41, 5.74) is 7.04. The number of fused-ring (bicyclic) bond motifs is 1. The van der Waals surface area contributed by atoms with Crippen molar-refractivity contribution in [1.29, 1.82) is 0 Å². The molecule has 1 aliphatic heterocycles. The van der Waals surface area contributed by atoms with Gasteiger partial charge in [-0.25, -0.2) is 9.59 Å². The number of anilines is 2. The number of aryl methyl sites for hydroxylation is 1. The fraction of sp³-hybridized carbons (Fsp3) is 0.423. The van der Waals surface area contributed by atoms with Crippen LogP contribution in [0.25, 0.3) is 0 Å². The molecule has 3 atom stereocenters. The number of H-pyrrole nitrogens is 1. The van der Waals surface area contributed by atoms with E-state index in [1.807, 2.05) is 0 Å². The van der Waals surface area contributed by atoms with Crippen LogP contribution < -0.4 is 27.2 Å². The number of carboxylic acids is 3. The summed E-state index contributed by atoms with van der Waals surface area (Å²) in [5.74, 6) is -4.70. The van der Waals surface area contributed by atoms with Gasteiger partial charge in [-0.15, -0.1) is 0 Å². The van der Waals surface area contributed by atoms with E-state index in [1.54, 1.807) is 24.3 Å². The van der Waals surface area contributed by atoms with E-state index in [2.05, 4.69) is 25.9 Å². The number of nitrogen functional groups attached to an aromatic ring is 1. The topological polar surface area (TPSA) is 254 Å². The number of aliphatic carboxylic acids is 3. The van der Waals surface area contributed by atoms with Gasteiger partial charge in [0, 0.05) is 24.9 Å². The van der Waals surface area contributed by atoms with Crippen LogP contribution in [0.3, 0.4) is 0 Å². The lowest BCUT2D eigenvalue weighted by Crippen LogP contribution is -2.44. The molecule has 1 aromatic heterocycles. The zero-order valence-electron chi connectivity index (χ0n) is 22.0. The summed E-state index contributed by atoms with van der Waals surface area (Å²) in [6.45, 7) is 0.636. The minimum atomic E-state index is -1.43. The molecule has 0 radical (unpaired) electrons. The fourth-order valence-electron chi connectivity index (χ4n) is 4.42. The Morgan fingerprint density at radius 1 is 0.976 bits per heavy atom. The maximum atomic E-state index is 12.6. The number of nitrogens with two attached hydrogens (primary N) is 1. The Morgan fingerprint density at radius 2 is 1.61 bits per heavy atom. The third kappa shape index (κ3) is 9.05. The Balaban J connectivity index is 1.49. The number of hydrogen-bond acceptors (Lipinski definition) is 9. The first kappa shape index (κ1) is 30.6. The van der Waals surface area contributed by atoms with E-state index in [0.717, 1.165) is 12.0 Å². The maximum absolute atomic E-state index is 12.6. The molecule has 220 valence electrons. The van der Waals surface area contributed by atoms with E-state index in [4.69, 9.17) is 15.9 Å². The lowest BCUT2D eigenvalue weighted by molar-refractivity contribution is -0.143. The molecule has 1 aliphatic rings. The van der Waals surface area contributed by atoms with Gasteiger partial charge >= 0.3 is 17.9 Å². The van der Waals surface area contributed by atoms with Gasteiger partial charge in [0.1, 0.15) is 17.9 Å². The molecule has 9 N–H and O–H groups in total. The van der Waals surface area contributed by atoms with E-state index in [9.17, 15) is 33.9 Å². The molecule has 15 heteroatoms. The lowest BCUT2D eigenvalue weighted by Gasteiger charge is -2.24. The van der Waals surface area contributed by atoms with Gasteiger partial charge in [0.15, 0.2) is 0 Å². The highest BCUT2D eigenvalue weighted by Gasteiger charge is 2.25. The summed E-state index contributed by atoms with van der Waals surface area (Å²) in [4.78, 5) is 77.1. The second kappa shape index (κ2) is 13.9.